The summed E-state index contributed by atoms with van der Waals surface area (Å²) < 4.78 is 30.5. The Morgan fingerprint density at radius 2 is 1.86 bits per heavy atom. The van der Waals surface area contributed by atoms with Crippen LogP contribution in [0, 0.1) is 0 Å². The minimum Gasteiger partial charge on any atom is -0.496 e. The summed E-state index contributed by atoms with van der Waals surface area (Å²) in [5.74, 6) is 0.842. The molecule has 0 heterocycles. The number of hydrogen-bond donors (Lipinski definition) is 1. The largest absolute Gasteiger partial charge is 0.496 e. The molecule has 0 saturated carbocycles. The second-order valence-corrected chi connectivity index (χ2v) is 7.79. The molecule has 0 aliphatic carbocycles. The van der Waals surface area contributed by atoms with E-state index >= 15 is 0 Å². The van der Waals surface area contributed by atoms with Crippen LogP contribution in [0.3, 0.4) is 0 Å². The van der Waals surface area contributed by atoms with Gasteiger partial charge < -0.3 is 10.1 Å². The zero-order valence-electron chi connectivity index (χ0n) is 12.3. The van der Waals surface area contributed by atoms with E-state index in [1.807, 2.05) is 18.2 Å². The number of nitrogens with one attached hydrogen (secondary N) is 1. The van der Waals surface area contributed by atoms with Gasteiger partial charge in [0.25, 0.3) is 0 Å². The number of benzene rings is 2. The lowest BCUT2D eigenvalue weighted by Gasteiger charge is -2.10. The Labute approximate surface area is 139 Å². The second kappa shape index (κ2) is 7.76. The Balaban J connectivity index is 1.91. The van der Waals surface area contributed by atoms with Gasteiger partial charge >= 0.3 is 0 Å². The van der Waals surface area contributed by atoms with Crippen LogP contribution in [0.2, 0.25) is 0 Å². The standard InChI is InChI=1S/C16H18BrNO3S/c1-21-16-8-7-14(17)11-13(16)12-18-9-10-22(19,20)15-5-3-2-4-6-15/h2-8,11,18H,9-10,12H2,1H3. The van der Waals surface area contributed by atoms with Gasteiger partial charge in [0.1, 0.15) is 5.75 Å². The van der Waals surface area contributed by atoms with E-state index in [0.717, 1.165) is 15.8 Å². The molecule has 0 aliphatic heterocycles. The van der Waals surface area contributed by atoms with E-state index in [0.29, 0.717) is 18.0 Å². The maximum absolute atomic E-state index is 12.1. The maximum Gasteiger partial charge on any atom is 0.179 e. The van der Waals surface area contributed by atoms with E-state index in [1.54, 1.807) is 37.4 Å². The van der Waals surface area contributed by atoms with Gasteiger partial charge in [0.05, 0.1) is 17.8 Å². The monoisotopic (exact) mass is 383 g/mol. The average molecular weight is 384 g/mol. The lowest BCUT2D eigenvalue weighted by atomic mass is 10.2. The van der Waals surface area contributed by atoms with Crippen molar-refractivity contribution in [3.05, 3.63) is 58.6 Å². The minimum atomic E-state index is -3.24. The highest BCUT2D eigenvalue weighted by Gasteiger charge is 2.13. The minimum absolute atomic E-state index is 0.0628. The molecular formula is C16H18BrNO3S. The van der Waals surface area contributed by atoms with Gasteiger partial charge in [-0.15, -0.1) is 0 Å². The van der Waals surface area contributed by atoms with E-state index in [2.05, 4.69) is 21.2 Å². The molecule has 2 aromatic rings. The highest BCUT2D eigenvalue weighted by Crippen LogP contribution is 2.22. The van der Waals surface area contributed by atoms with E-state index < -0.39 is 9.84 Å². The Kier molecular flexibility index (Phi) is 5.99. The summed E-state index contributed by atoms with van der Waals surface area (Å²) in [6, 6.07) is 14.2. The molecule has 0 bridgehead atoms. The third-order valence-corrected chi connectivity index (χ3v) is 5.43. The number of methoxy groups -OCH3 is 1. The molecule has 0 spiro atoms. The molecule has 118 valence electrons. The third-order valence-electron chi connectivity index (χ3n) is 3.21. The first-order valence-corrected chi connectivity index (χ1v) is 9.28. The van der Waals surface area contributed by atoms with Gasteiger partial charge in [-0.25, -0.2) is 8.42 Å². The lowest BCUT2D eigenvalue weighted by molar-refractivity contribution is 0.408. The summed E-state index contributed by atoms with van der Waals surface area (Å²) in [4.78, 5) is 0.358. The van der Waals surface area contributed by atoms with Crippen molar-refractivity contribution in [3.8, 4) is 5.75 Å². The van der Waals surface area contributed by atoms with Crippen molar-refractivity contribution in [2.24, 2.45) is 0 Å². The van der Waals surface area contributed by atoms with Gasteiger partial charge in [-0.05, 0) is 30.3 Å². The third kappa shape index (κ3) is 4.56. The molecule has 0 unspecified atom stereocenters. The molecule has 0 aromatic heterocycles. The Bertz CT molecular complexity index is 717. The first-order valence-electron chi connectivity index (χ1n) is 6.84. The molecule has 1 N–H and O–H groups in total. The number of sulfone groups is 1. The molecule has 6 heteroatoms. The quantitative estimate of drug-likeness (QED) is 0.746. The number of halogens is 1. The normalized spacial score (nSPS) is 11.4. The second-order valence-electron chi connectivity index (χ2n) is 4.76. The van der Waals surface area contributed by atoms with Crippen molar-refractivity contribution in [1.29, 1.82) is 0 Å². The summed E-state index contributed by atoms with van der Waals surface area (Å²) in [6.45, 7) is 0.930. The Morgan fingerprint density at radius 1 is 1.14 bits per heavy atom. The number of hydrogen-bond acceptors (Lipinski definition) is 4. The molecule has 0 fully saturated rings. The fourth-order valence-electron chi connectivity index (χ4n) is 2.06. The smallest absolute Gasteiger partial charge is 0.179 e. The molecule has 0 amide bonds. The van der Waals surface area contributed by atoms with Gasteiger partial charge in [-0.1, -0.05) is 34.1 Å². The number of ether oxygens (including phenoxy) is 1. The van der Waals surface area contributed by atoms with Crippen LogP contribution in [-0.4, -0.2) is 27.8 Å². The van der Waals surface area contributed by atoms with Crippen LogP contribution in [0.5, 0.6) is 5.75 Å². The van der Waals surface area contributed by atoms with Crippen LogP contribution in [0.25, 0.3) is 0 Å². The molecule has 22 heavy (non-hydrogen) atoms. The van der Waals surface area contributed by atoms with E-state index in [1.165, 1.54) is 0 Å². The van der Waals surface area contributed by atoms with Crippen LogP contribution in [0.4, 0.5) is 0 Å². The van der Waals surface area contributed by atoms with Crippen molar-refractivity contribution in [1.82, 2.24) is 5.32 Å². The zero-order valence-corrected chi connectivity index (χ0v) is 14.7. The highest BCUT2D eigenvalue weighted by molar-refractivity contribution is 9.10. The van der Waals surface area contributed by atoms with E-state index in [-0.39, 0.29) is 5.75 Å². The van der Waals surface area contributed by atoms with E-state index in [4.69, 9.17) is 4.74 Å². The van der Waals surface area contributed by atoms with Crippen LogP contribution in [-0.2, 0) is 16.4 Å². The van der Waals surface area contributed by atoms with Crippen molar-refractivity contribution in [2.75, 3.05) is 19.4 Å². The first kappa shape index (κ1) is 17.0. The first-order chi connectivity index (χ1) is 10.5. The SMILES string of the molecule is COc1ccc(Br)cc1CNCCS(=O)(=O)c1ccccc1. The average Bonchev–Trinajstić information content (AvgIpc) is 2.53. The summed E-state index contributed by atoms with van der Waals surface area (Å²) in [5, 5.41) is 3.15. The molecular weight excluding hydrogens is 366 g/mol. The van der Waals surface area contributed by atoms with Gasteiger partial charge in [0.15, 0.2) is 9.84 Å². The van der Waals surface area contributed by atoms with Crippen LogP contribution < -0.4 is 10.1 Å². The lowest BCUT2D eigenvalue weighted by Crippen LogP contribution is -2.23. The van der Waals surface area contributed by atoms with Gasteiger partial charge in [0.2, 0.25) is 0 Å². The number of rotatable bonds is 7. The van der Waals surface area contributed by atoms with Crippen LogP contribution >= 0.6 is 15.9 Å². The predicted octanol–water partition coefficient (Wildman–Crippen LogP) is 3.02. The topological polar surface area (TPSA) is 55.4 Å². The molecule has 0 saturated heterocycles. The summed E-state index contributed by atoms with van der Waals surface area (Å²) in [6.07, 6.45) is 0. The summed E-state index contributed by atoms with van der Waals surface area (Å²) >= 11 is 3.42. The molecule has 4 nitrogen and oxygen atoms in total. The van der Waals surface area contributed by atoms with E-state index in [9.17, 15) is 8.42 Å². The van der Waals surface area contributed by atoms with Crippen molar-refractivity contribution in [2.45, 2.75) is 11.4 Å². The Hall–Kier alpha value is -1.37. The molecule has 0 aliphatic rings. The van der Waals surface area contributed by atoms with Gasteiger partial charge in [0, 0.05) is 23.1 Å². The molecule has 2 rings (SSSR count). The molecule has 0 atom stereocenters. The highest BCUT2D eigenvalue weighted by atomic mass is 79.9. The summed E-state index contributed by atoms with van der Waals surface area (Å²) in [5.41, 5.74) is 0.981. The summed E-state index contributed by atoms with van der Waals surface area (Å²) in [7, 11) is -1.62. The van der Waals surface area contributed by atoms with Crippen molar-refractivity contribution < 1.29 is 13.2 Å². The van der Waals surface area contributed by atoms with Crippen LogP contribution in [0.1, 0.15) is 5.56 Å². The predicted molar refractivity (Wildman–Crippen MR) is 90.9 cm³/mol. The fraction of sp³-hybridized carbons (Fsp3) is 0.250. The van der Waals surface area contributed by atoms with Gasteiger partial charge in [-0.3, -0.25) is 0 Å². The molecule has 2 aromatic carbocycles. The van der Waals surface area contributed by atoms with Gasteiger partial charge in [-0.2, -0.15) is 0 Å². The van der Waals surface area contributed by atoms with Crippen LogP contribution in [0.15, 0.2) is 57.9 Å². The van der Waals surface area contributed by atoms with Crippen molar-refractivity contribution in [3.63, 3.8) is 0 Å². The molecule has 0 radical (unpaired) electrons. The fourth-order valence-corrected chi connectivity index (χ4v) is 3.69. The zero-order chi connectivity index (χ0) is 16.0. The maximum atomic E-state index is 12.1. The Morgan fingerprint density at radius 3 is 2.55 bits per heavy atom. The van der Waals surface area contributed by atoms with Crippen molar-refractivity contribution >= 4 is 25.8 Å².